The zero-order valence-corrected chi connectivity index (χ0v) is 8.75. The summed E-state index contributed by atoms with van der Waals surface area (Å²) in [6.07, 6.45) is 0.527. The maximum atomic E-state index is 13.1. The van der Waals surface area contributed by atoms with Crippen molar-refractivity contribution < 1.29 is 18.8 Å². The lowest BCUT2D eigenvalue weighted by atomic mass is 10.3. The van der Waals surface area contributed by atoms with Gasteiger partial charge in [0.1, 0.15) is 17.8 Å². The molecule has 0 aliphatic heterocycles. The third-order valence-electron chi connectivity index (χ3n) is 1.44. The summed E-state index contributed by atoms with van der Waals surface area (Å²) in [5, 5.41) is 12.4. The van der Waals surface area contributed by atoms with E-state index in [0.29, 0.717) is 6.21 Å². The molecule has 0 saturated heterocycles. The number of amides is 1. The third-order valence-corrected chi connectivity index (χ3v) is 2.05. The molecule has 0 bridgehead atoms. The zero-order valence-electron chi connectivity index (χ0n) is 7.17. The van der Waals surface area contributed by atoms with E-state index in [4.69, 9.17) is 5.21 Å². The first-order chi connectivity index (χ1) is 7.04. The highest BCUT2D eigenvalue weighted by Crippen LogP contribution is 2.23. The van der Waals surface area contributed by atoms with Gasteiger partial charge in [0.2, 0.25) is 0 Å². The predicted octanol–water partition coefficient (Wildman–Crippen LogP) is 2.13. The summed E-state index contributed by atoms with van der Waals surface area (Å²) in [7, 11) is 0. The molecule has 0 aromatic heterocycles. The van der Waals surface area contributed by atoms with Crippen LogP contribution in [0.2, 0.25) is 0 Å². The van der Waals surface area contributed by atoms with Gasteiger partial charge in [-0.05, 0) is 22.0 Å². The molecule has 1 aromatic carbocycles. The van der Waals surface area contributed by atoms with Crippen LogP contribution in [0, 0.1) is 11.6 Å². The van der Waals surface area contributed by atoms with Crippen molar-refractivity contribution in [2.75, 3.05) is 5.32 Å². The van der Waals surface area contributed by atoms with Crippen LogP contribution in [-0.2, 0) is 4.79 Å². The zero-order chi connectivity index (χ0) is 11.4. The minimum Gasteiger partial charge on any atom is -0.411 e. The normalized spacial score (nSPS) is 10.6. The van der Waals surface area contributed by atoms with E-state index in [2.05, 4.69) is 21.1 Å². The van der Waals surface area contributed by atoms with Crippen molar-refractivity contribution in [1.29, 1.82) is 0 Å². The number of rotatable bonds is 2. The fraction of sp³-hybridized carbons (Fsp3) is 0. The van der Waals surface area contributed by atoms with Gasteiger partial charge >= 0.3 is 0 Å². The smallest absolute Gasteiger partial charge is 0.270 e. The molecule has 4 nitrogen and oxygen atoms in total. The number of carbonyl (C=O) groups is 1. The summed E-state index contributed by atoms with van der Waals surface area (Å²) in [5.74, 6) is -2.38. The first-order valence-corrected chi connectivity index (χ1v) is 4.47. The summed E-state index contributed by atoms with van der Waals surface area (Å²) in [4.78, 5) is 10.8. The molecule has 1 amide bonds. The van der Waals surface area contributed by atoms with Crippen LogP contribution in [-0.4, -0.2) is 17.3 Å². The lowest BCUT2D eigenvalue weighted by Gasteiger charge is -2.04. The van der Waals surface area contributed by atoms with Crippen LogP contribution in [0.15, 0.2) is 21.8 Å². The van der Waals surface area contributed by atoms with E-state index >= 15 is 0 Å². The number of anilines is 1. The Balaban J connectivity index is 2.95. The number of nitrogens with zero attached hydrogens (tertiary/aromatic N) is 1. The van der Waals surface area contributed by atoms with E-state index in [1.807, 2.05) is 5.32 Å². The molecule has 0 unspecified atom stereocenters. The average molecular weight is 279 g/mol. The maximum Gasteiger partial charge on any atom is 0.270 e. The molecular formula is C8H5BrF2N2O2. The van der Waals surface area contributed by atoms with Crippen molar-refractivity contribution in [3.05, 3.63) is 28.2 Å². The van der Waals surface area contributed by atoms with Crippen molar-refractivity contribution >= 4 is 33.7 Å². The highest BCUT2D eigenvalue weighted by Gasteiger charge is 2.09. The molecule has 0 saturated carbocycles. The molecule has 7 heteroatoms. The van der Waals surface area contributed by atoms with Gasteiger partial charge in [-0.1, -0.05) is 5.16 Å². The van der Waals surface area contributed by atoms with Crippen LogP contribution in [0.1, 0.15) is 0 Å². The van der Waals surface area contributed by atoms with E-state index in [1.165, 1.54) is 0 Å². The number of hydrogen-bond donors (Lipinski definition) is 2. The average Bonchev–Trinajstić information content (AvgIpc) is 2.14. The lowest BCUT2D eigenvalue weighted by molar-refractivity contribution is -0.110. The molecular weight excluding hydrogens is 274 g/mol. The Morgan fingerprint density at radius 2 is 2.13 bits per heavy atom. The lowest BCUT2D eigenvalue weighted by Crippen LogP contribution is -2.13. The molecule has 0 spiro atoms. The van der Waals surface area contributed by atoms with Crippen molar-refractivity contribution in [1.82, 2.24) is 0 Å². The molecule has 0 aliphatic rings. The molecule has 80 valence electrons. The second-order valence-corrected chi connectivity index (χ2v) is 3.33. The van der Waals surface area contributed by atoms with Crippen LogP contribution in [0.3, 0.4) is 0 Å². The molecule has 0 aliphatic carbocycles. The number of halogens is 3. The summed E-state index contributed by atoms with van der Waals surface area (Å²) in [5.41, 5.74) is -0.333. The Hall–Kier alpha value is -1.50. The summed E-state index contributed by atoms with van der Waals surface area (Å²) in [6.45, 7) is 0. The van der Waals surface area contributed by atoms with Crippen LogP contribution < -0.4 is 5.32 Å². The highest BCUT2D eigenvalue weighted by atomic mass is 79.9. The molecule has 15 heavy (non-hydrogen) atoms. The van der Waals surface area contributed by atoms with E-state index in [0.717, 1.165) is 12.1 Å². The van der Waals surface area contributed by atoms with Gasteiger partial charge in [-0.2, -0.15) is 0 Å². The van der Waals surface area contributed by atoms with Gasteiger partial charge in [-0.15, -0.1) is 0 Å². The van der Waals surface area contributed by atoms with E-state index in [9.17, 15) is 13.6 Å². The molecule has 0 heterocycles. The van der Waals surface area contributed by atoms with Crippen molar-refractivity contribution in [3.63, 3.8) is 0 Å². The topological polar surface area (TPSA) is 61.7 Å². The van der Waals surface area contributed by atoms with Gasteiger partial charge in [0.05, 0.1) is 10.2 Å². The highest BCUT2D eigenvalue weighted by molar-refractivity contribution is 9.10. The summed E-state index contributed by atoms with van der Waals surface area (Å²) >= 11 is 2.78. The minimum atomic E-state index is -0.863. The van der Waals surface area contributed by atoms with Crippen LogP contribution in [0.25, 0.3) is 0 Å². The monoisotopic (exact) mass is 278 g/mol. The number of hydrogen-bond acceptors (Lipinski definition) is 3. The van der Waals surface area contributed by atoms with Gasteiger partial charge < -0.3 is 10.5 Å². The maximum absolute atomic E-state index is 13.1. The quantitative estimate of drug-likeness (QED) is 0.377. The van der Waals surface area contributed by atoms with Crippen molar-refractivity contribution in [2.45, 2.75) is 0 Å². The van der Waals surface area contributed by atoms with Crippen LogP contribution >= 0.6 is 15.9 Å². The number of carbonyl (C=O) groups excluding carboxylic acids is 1. The Kier molecular flexibility index (Phi) is 3.73. The van der Waals surface area contributed by atoms with Crippen molar-refractivity contribution in [2.24, 2.45) is 5.16 Å². The molecule has 0 atom stereocenters. The Bertz CT molecular complexity index is 423. The second kappa shape index (κ2) is 4.83. The predicted molar refractivity (Wildman–Crippen MR) is 53.0 cm³/mol. The van der Waals surface area contributed by atoms with Gasteiger partial charge in [0.15, 0.2) is 0 Å². The van der Waals surface area contributed by atoms with Gasteiger partial charge in [-0.25, -0.2) is 8.78 Å². The Morgan fingerprint density at radius 3 is 2.73 bits per heavy atom. The van der Waals surface area contributed by atoms with Gasteiger partial charge in [0, 0.05) is 6.07 Å². The van der Waals surface area contributed by atoms with Crippen LogP contribution in [0.5, 0.6) is 0 Å². The fourth-order valence-corrected chi connectivity index (χ4v) is 1.15. The first-order valence-electron chi connectivity index (χ1n) is 3.67. The molecule has 0 fully saturated rings. The number of benzene rings is 1. The van der Waals surface area contributed by atoms with E-state index in [-0.39, 0.29) is 10.2 Å². The summed E-state index contributed by atoms with van der Waals surface area (Å²) < 4.78 is 26.0. The Morgan fingerprint density at radius 1 is 1.47 bits per heavy atom. The third kappa shape index (κ3) is 2.98. The molecule has 1 aromatic rings. The summed E-state index contributed by atoms with van der Waals surface area (Å²) in [6, 6.07) is 1.68. The SMILES string of the molecule is O=C(/C=N/O)Nc1cc(F)c(Br)cc1F. The van der Waals surface area contributed by atoms with Gasteiger partial charge in [-0.3, -0.25) is 4.79 Å². The van der Waals surface area contributed by atoms with E-state index < -0.39 is 17.5 Å². The standard InChI is InChI=1S/C8H5BrF2N2O2/c9-4-1-6(11)7(2-5(4)10)13-8(14)3-12-15/h1-3,15H,(H,13,14)/b12-3+. The number of nitrogens with one attached hydrogen (secondary N) is 1. The molecule has 2 N–H and O–H groups in total. The van der Waals surface area contributed by atoms with Crippen molar-refractivity contribution in [3.8, 4) is 0 Å². The largest absolute Gasteiger partial charge is 0.411 e. The minimum absolute atomic E-state index is 0.0474. The van der Waals surface area contributed by atoms with Crippen LogP contribution in [0.4, 0.5) is 14.5 Å². The first kappa shape index (κ1) is 11.6. The Labute approximate surface area is 91.7 Å². The second-order valence-electron chi connectivity index (χ2n) is 2.48. The van der Waals surface area contributed by atoms with Gasteiger partial charge in [0.25, 0.3) is 5.91 Å². The molecule has 0 radical (unpaired) electrons. The van der Waals surface area contributed by atoms with E-state index in [1.54, 1.807) is 0 Å². The molecule has 1 rings (SSSR count). The fourth-order valence-electron chi connectivity index (χ4n) is 0.836. The number of oxime groups is 1.